The van der Waals surface area contributed by atoms with E-state index in [0.29, 0.717) is 17.5 Å². The Labute approximate surface area is 128 Å². The van der Waals surface area contributed by atoms with Crippen LogP contribution in [-0.4, -0.2) is 33.9 Å². The smallest absolute Gasteiger partial charge is 0.180 e. The second-order valence-corrected chi connectivity index (χ2v) is 8.11. The number of sulfone groups is 1. The van der Waals surface area contributed by atoms with Crippen LogP contribution >= 0.6 is 11.3 Å². The lowest BCUT2D eigenvalue weighted by atomic mass is 10.00. The number of rotatable bonds is 5. The Kier molecular flexibility index (Phi) is 4.76. The van der Waals surface area contributed by atoms with Gasteiger partial charge in [0.1, 0.15) is 20.8 Å². The summed E-state index contributed by atoms with van der Waals surface area (Å²) in [6.07, 6.45) is 3.19. The zero-order valence-electron chi connectivity index (χ0n) is 12.0. The van der Waals surface area contributed by atoms with Crippen molar-refractivity contribution in [3.05, 3.63) is 4.88 Å². The van der Waals surface area contributed by atoms with Gasteiger partial charge in [0, 0.05) is 25.3 Å². The number of nitriles is 1. The third-order valence-electron chi connectivity index (χ3n) is 3.65. The average Bonchev–Trinajstić information content (AvgIpc) is 2.98. The minimum Gasteiger partial charge on any atom is -0.396 e. The molecule has 21 heavy (non-hydrogen) atoms. The maximum absolute atomic E-state index is 11.9. The summed E-state index contributed by atoms with van der Waals surface area (Å²) in [6.45, 7) is 3.42. The summed E-state index contributed by atoms with van der Waals surface area (Å²) in [7, 11) is -3.48. The maximum atomic E-state index is 11.9. The molecule has 3 N–H and O–H groups in total. The van der Waals surface area contributed by atoms with Gasteiger partial charge in [0.2, 0.25) is 0 Å². The first-order chi connectivity index (χ1) is 9.88. The highest BCUT2D eigenvalue weighted by Crippen LogP contribution is 2.39. The van der Waals surface area contributed by atoms with Crippen LogP contribution in [0.5, 0.6) is 0 Å². The number of ether oxygens (including phenoxy) is 1. The number of nitrogens with zero attached hydrogens (tertiary/aromatic N) is 1. The molecule has 1 aromatic heterocycles. The molecule has 0 amide bonds. The van der Waals surface area contributed by atoms with E-state index >= 15 is 0 Å². The van der Waals surface area contributed by atoms with Crippen LogP contribution in [0.25, 0.3) is 0 Å². The monoisotopic (exact) mass is 329 g/mol. The standard InChI is InChI=1S/C13H19N3O3S2/c1-3-9-8(4-5-19-9)7-16-13-12(21(2,17)18)11(15)10(6-14)20-13/h8-9,16H,3-5,7,15H2,1-2H3. The number of nitrogen functional groups attached to an aromatic ring is 1. The molecule has 2 heterocycles. The lowest BCUT2D eigenvalue weighted by Gasteiger charge is -2.17. The zero-order valence-corrected chi connectivity index (χ0v) is 13.7. The van der Waals surface area contributed by atoms with E-state index in [-0.39, 0.29) is 21.6 Å². The normalized spacial score (nSPS) is 22.1. The van der Waals surface area contributed by atoms with Gasteiger partial charge in [-0.1, -0.05) is 6.92 Å². The number of hydrogen-bond donors (Lipinski definition) is 2. The Hall–Kier alpha value is -1.30. The minimum absolute atomic E-state index is 0.0380. The molecular weight excluding hydrogens is 310 g/mol. The van der Waals surface area contributed by atoms with Crippen LogP contribution in [0.2, 0.25) is 0 Å². The summed E-state index contributed by atoms with van der Waals surface area (Å²) in [5.74, 6) is 0.344. The third kappa shape index (κ3) is 3.31. The maximum Gasteiger partial charge on any atom is 0.180 e. The van der Waals surface area contributed by atoms with E-state index in [0.717, 1.165) is 37.0 Å². The van der Waals surface area contributed by atoms with Crippen molar-refractivity contribution in [2.45, 2.75) is 30.8 Å². The van der Waals surface area contributed by atoms with Gasteiger partial charge in [0.05, 0.1) is 11.8 Å². The molecule has 1 aliphatic heterocycles. The molecule has 0 aliphatic carbocycles. The molecule has 1 fully saturated rings. The van der Waals surface area contributed by atoms with E-state index in [1.54, 1.807) is 0 Å². The van der Waals surface area contributed by atoms with E-state index in [1.165, 1.54) is 0 Å². The molecule has 1 aromatic rings. The van der Waals surface area contributed by atoms with Gasteiger partial charge in [-0.2, -0.15) is 5.26 Å². The van der Waals surface area contributed by atoms with Crippen molar-refractivity contribution in [1.82, 2.24) is 0 Å². The minimum atomic E-state index is -3.48. The van der Waals surface area contributed by atoms with Crippen LogP contribution in [0.3, 0.4) is 0 Å². The highest BCUT2D eigenvalue weighted by atomic mass is 32.2. The third-order valence-corrected chi connectivity index (χ3v) is 6.01. The van der Waals surface area contributed by atoms with E-state index in [2.05, 4.69) is 12.2 Å². The zero-order chi connectivity index (χ0) is 15.6. The first-order valence-corrected chi connectivity index (χ1v) is 9.47. The Balaban J connectivity index is 2.22. The molecule has 2 rings (SSSR count). The van der Waals surface area contributed by atoms with E-state index < -0.39 is 9.84 Å². The Morgan fingerprint density at radius 1 is 1.57 bits per heavy atom. The second-order valence-electron chi connectivity index (χ2n) is 5.13. The van der Waals surface area contributed by atoms with Gasteiger partial charge < -0.3 is 15.8 Å². The summed E-state index contributed by atoms with van der Waals surface area (Å²) in [5.41, 5.74) is 5.83. The van der Waals surface area contributed by atoms with E-state index in [4.69, 9.17) is 15.7 Å². The highest BCUT2D eigenvalue weighted by molar-refractivity contribution is 7.91. The van der Waals surface area contributed by atoms with Crippen molar-refractivity contribution < 1.29 is 13.2 Å². The summed E-state index contributed by atoms with van der Waals surface area (Å²) >= 11 is 1.09. The molecule has 2 unspecified atom stereocenters. The molecular formula is C13H19N3O3S2. The number of anilines is 2. The Bertz CT molecular complexity index is 661. The SMILES string of the molecule is CCC1OCCC1CNc1sc(C#N)c(N)c1S(C)(=O)=O. The fraction of sp³-hybridized carbons (Fsp3) is 0.615. The molecule has 0 radical (unpaired) electrons. The molecule has 2 atom stereocenters. The molecule has 6 nitrogen and oxygen atoms in total. The Morgan fingerprint density at radius 2 is 2.29 bits per heavy atom. The van der Waals surface area contributed by atoms with Gasteiger partial charge in [0.25, 0.3) is 0 Å². The predicted octanol–water partition coefficient (Wildman–Crippen LogP) is 1.83. The van der Waals surface area contributed by atoms with Crippen molar-refractivity contribution in [3.8, 4) is 6.07 Å². The molecule has 1 saturated heterocycles. The number of nitrogens with two attached hydrogens (primary N) is 1. The van der Waals surface area contributed by atoms with Crippen LogP contribution in [-0.2, 0) is 14.6 Å². The number of nitrogens with one attached hydrogen (secondary N) is 1. The number of hydrogen-bond acceptors (Lipinski definition) is 7. The van der Waals surface area contributed by atoms with Crippen LogP contribution in [0.1, 0.15) is 24.6 Å². The summed E-state index contributed by atoms with van der Waals surface area (Å²) < 4.78 is 29.4. The summed E-state index contributed by atoms with van der Waals surface area (Å²) in [5, 5.41) is 12.6. The first-order valence-electron chi connectivity index (χ1n) is 6.76. The molecule has 0 spiro atoms. The van der Waals surface area contributed by atoms with Crippen LogP contribution in [0.4, 0.5) is 10.7 Å². The van der Waals surface area contributed by atoms with Gasteiger partial charge in [-0.3, -0.25) is 0 Å². The second kappa shape index (κ2) is 6.22. The van der Waals surface area contributed by atoms with Gasteiger partial charge in [0.15, 0.2) is 9.84 Å². The van der Waals surface area contributed by atoms with Gasteiger partial charge in [-0.15, -0.1) is 11.3 Å². The van der Waals surface area contributed by atoms with Crippen LogP contribution in [0, 0.1) is 17.2 Å². The first kappa shape index (κ1) is 16.1. The number of thiophene rings is 1. The fourth-order valence-electron chi connectivity index (χ4n) is 2.60. The van der Waals surface area contributed by atoms with Crippen LogP contribution < -0.4 is 11.1 Å². The van der Waals surface area contributed by atoms with Gasteiger partial charge in [-0.05, 0) is 12.8 Å². The van der Waals surface area contributed by atoms with Gasteiger partial charge in [-0.25, -0.2) is 8.42 Å². The topological polar surface area (TPSA) is 105 Å². The van der Waals surface area contributed by atoms with Crippen LogP contribution in [0.15, 0.2) is 4.90 Å². The van der Waals surface area contributed by atoms with Crippen molar-refractivity contribution >= 4 is 31.9 Å². The molecule has 116 valence electrons. The molecule has 1 aliphatic rings. The van der Waals surface area contributed by atoms with Crippen molar-refractivity contribution in [1.29, 1.82) is 5.26 Å². The summed E-state index contributed by atoms with van der Waals surface area (Å²) in [6, 6.07) is 1.94. The molecule has 0 saturated carbocycles. The van der Waals surface area contributed by atoms with Gasteiger partial charge >= 0.3 is 0 Å². The molecule has 0 aromatic carbocycles. The lowest BCUT2D eigenvalue weighted by Crippen LogP contribution is -2.23. The quantitative estimate of drug-likeness (QED) is 0.854. The van der Waals surface area contributed by atoms with Crippen molar-refractivity contribution in [2.24, 2.45) is 5.92 Å². The average molecular weight is 329 g/mol. The molecule has 0 bridgehead atoms. The molecule has 8 heteroatoms. The summed E-state index contributed by atoms with van der Waals surface area (Å²) in [4.78, 5) is 0.267. The predicted molar refractivity (Wildman–Crippen MR) is 83.2 cm³/mol. The van der Waals surface area contributed by atoms with E-state index in [1.807, 2.05) is 6.07 Å². The van der Waals surface area contributed by atoms with Crippen molar-refractivity contribution in [2.75, 3.05) is 30.5 Å². The van der Waals surface area contributed by atoms with E-state index in [9.17, 15) is 8.42 Å². The highest BCUT2D eigenvalue weighted by Gasteiger charge is 2.28. The Morgan fingerprint density at radius 3 is 2.86 bits per heavy atom. The lowest BCUT2D eigenvalue weighted by molar-refractivity contribution is 0.0900. The fourth-order valence-corrected chi connectivity index (χ4v) is 4.97. The van der Waals surface area contributed by atoms with Crippen molar-refractivity contribution in [3.63, 3.8) is 0 Å². The largest absolute Gasteiger partial charge is 0.396 e.